The maximum absolute atomic E-state index is 12.9. The highest BCUT2D eigenvalue weighted by Gasteiger charge is 2.38. The normalized spacial score (nSPS) is 11.5. The summed E-state index contributed by atoms with van der Waals surface area (Å²) in [5.41, 5.74) is 0.849. The molecule has 0 spiro atoms. The molecular weight excluding hydrogens is 366 g/mol. The molecule has 10 heteroatoms. The van der Waals surface area contributed by atoms with Gasteiger partial charge in [0.15, 0.2) is 10.8 Å². The van der Waals surface area contributed by atoms with E-state index >= 15 is 0 Å². The SMILES string of the molecule is O=C(Nc1nc(-c2ccc(F)cc2)cs1)c1scnc1C(F)(F)F. The predicted molar refractivity (Wildman–Crippen MR) is 82.6 cm³/mol. The number of anilines is 1. The first-order chi connectivity index (χ1) is 11.3. The van der Waals surface area contributed by atoms with Crippen LogP contribution in [0.2, 0.25) is 0 Å². The lowest BCUT2D eigenvalue weighted by atomic mass is 10.2. The van der Waals surface area contributed by atoms with Crippen molar-refractivity contribution in [2.75, 3.05) is 5.32 Å². The van der Waals surface area contributed by atoms with Gasteiger partial charge in [-0.1, -0.05) is 0 Å². The highest BCUT2D eigenvalue weighted by atomic mass is 32.1. The van der Waals surface area contributed by atoms with Crippen molar-refractivity contribution in [3.8, 4) is 11.3 Å². The van der Waals surface area contributed by atoms with Gasteiger partial charge in [0.1, 0.15) is 10.7 Å². The number of carbonyl (C=O) groups excluding carboxylic acids is 1. The summed E-state index contributed by atoms with van der Waals surface area (Å²) >= 11 is 1.65. The monoisotopic (exact) mass is 373 g/mol. The quantitative estimate of drug-likeness (QED) is 0.679. The first-order valence-corrected chi connectivity index (χ1v) is 8.14. The van der Waals surface area contributed by atoms with Gasteiger partial charge in [-0.2, -0.15) is 13.2 Å². The summed E-state index contributed by atoms with van der Waals surface area (Å²) in [6.45, 7) is 0. The van der Waals surface area contributed by atoms with E-state index in [9.17, 15) is 22.4 Å². The van der Waals surface area contributed by atoms with E-state index < -0.39 is 28.5 Å². The number of hydrogen-bond donors (Lipinski definition) is 1. The molecule has 24 heavy (non-hydrogen) atoms. The molecule has 1 aromatic carbocycles. The van der Waals surface area contributed by atoms with Crippen molar-refractivity contribution in [1.29, 1.82) is 0 Å². The lowest BCUT2D eigenvalue weighted by molar-refractivity contribution is -0.141. The Balaban J connectivity index is 1.79. The fourth-order valence-corrected chi connectivity index (χ4v) is 3.26. The molecular formula is C14H7F4N3OS2. The van der Waals surface area contributed by atoms with Crippen molar-refractivity contribution in [3.05, 3.63) is 51.5 Å². The first kappa shape index (κ1) is 16.5. The third-order valence-corrected chi connectivity index (χ3v) is 4.49. The summed E-state index contributed by atoms with van der Waals surface area (Å²) < 4.78 is 51.2. The Kier molecular flexibility index (Phi) is 4.33. The summed E-state index contributed by atoms with van der Waals surface area (Å²) in [7, 11) is 0. The maximum atomic E-state index is 12.9. The molecule has 124 valence electrons. The van der Waals surface area contributed by atoms with E-state index in [0.29, 0.717) is 22.6 Å². The number of aromatic nitrogens is 2. The zero-order valence-electron chi connectivity index (χ0n) is 11.6. The molecule has 0 fully saturated rings. The number of nitrogens with one attached hydrogen (secondary N) is 1. The minimum Gasteiger partial charge on any atom is -0.297 e. The van der Waals surface area contributed by atoms with Crippen LogP contribution in [0.1, 0.15) is 15.4 Å². The van der Waals surface area contributed by atoms with Crippen molar-refractivity contribution in [1.82, 2.24) is 9.97 Å². The van der Waals surface area contributed by atoms with Crippen LogP contribution >= 0.6 is 22.7 Å². The van der Waals surface area contributed by atoms with E-state index in [1.54, 1.807) is 5.38 Å². The molecule has 0 atom stereocenters. The van der Waals surface area contributed by atoms with Gasteiger partial charge in [-0.15, -0.1) is 22.7 Å². The Morgan fingerprint density at radius 3 is 2.50 bits per heavy atom. The van der Waals surface area contributed by atoms with Gasteiger partial charge >= 0.3 is 6.18 Å². The Hall–Kier alpha value is -2.33. The molecule has 0 unspecified atom stereocenters. The number of nitrogens with zero attached hydrogens (tertiary/aromatic N) is 2. The summed E-state index contributed by atoms with van der Waals surface area (Å²) in [5.74, 6) is -1.32. The fourth-order valence-electron chi connectivity index (χ4n) is 1.85. The van der Waals surface area contributed by atoms with Gasteiger partial charge in [-0.25, -0.2) is 14.4 Å². The van der Waals surface area contributed by atoms with Crippen LogP contribution in [0.15, 0.2) is 35.2 Å². The molecule has 4 nitrogen and oxygen atoms in total. The zero-order chi connectivity index (χ0) is 17.3. The minimum atomic E-state index is -4.70. The van der Waals surface area contributed by atoms with Crippen LogP contribution in [-0.4, -0.2) is 15.9 Å². The van der Waals surface area contributed by atoms with Gasteiger partial charge in [0, 0.05) is 10.9 Å². The zero-order valence-corrected chi connectivity index (χ0v) is 13.2. The van der Waals surface area contributed by atoms with E-state index in [0.717, 1.165) is 16.8 Å². The van der Waals surface area contributed by atoms with Crippen LogP contribution in [0, 0.1) is 5.82 Å². The van der Waals surface area contributed by atoms with Gasteiger partial charge < -0.3 is 0 Å². The van der Waals surface area contributed by atoms with E-state index in [1.165, 1.54) is 24.3 Å². The van der Waals surface area contributed by atoms with Crippen molar-refractivity contribution in [3.63, 3.8) is 0 Å². The number of rotatable bonds is 3. The smallest absolute Gasteiger partial charge is 0.297 e. The Bertz CT molecular complexity index is 871. The predicted octanol–water partition coefficient (Wildman–Crippen LogP) is 4.68. The van der Waals surface area contributed by atoms with Gasteiger partial charge in [-0.3, -0.25) is 10.1 Å². The van der Waals surface area contributed by atoms with E-state index in [1.807, 2.05) is 0 Å². The summed E-state index contributed by atoms with van der Waals surface area (Å²) in [4.78, 5) is 18.8. The third kappa shape index (κ3) is 3.44. The standard InChI is InChI=1S/C14H7F4N3OS2/c15-8-3-1-7(2-4-8)9-5-23-13(20-9)21-12(22)10-11(14(16,17)18)19-6-24-10/h1-6H,(H,20,21,22). The molecule has 2 heterocycles. The molecule has 3 aromatic rings. The molecule has 0 saturated heterocycles. The van der Waals surface area contributed by atoms with Crippen LogP contribution in [0.4, 0.5) is 22.7 Å². The molecule has 3 rings (SSSR count). The van der Waals surface area contributed by atoms with E-state index in [4.69, 9.17) is 0 Å². The lowest BCUT2D eigenvalue weighted by Crippen LogP contribution is -2.17. The highest BCUT2D eigenvalue weighted by Crippen LogP contribution is 2.33. The Morgan fingerprint density at radius 2 is 1.83 bits per heavy atom. The largest absolute Gasteiger partial charge is 0.434 e. The highest BCUT2D eigenvalue weighted by molar-refractivity contribution is 7.14. The number of amides is 1. The van der Waals surface area contributed by atoms with Gasteiger partial charge in [0.05, 0.1) is 11.2 Å². The number of thiazole rings is 2. The number of halogens is 4. The van der Waals surface area contributed by atoms with E-state index in [2.05, 4.69) is 15.3 Å². The van der Waals surface area contributed by atoms with Crippen LogP contribution in [0.25, 0.3) is 11.3 Å². The summed E-state index contributed by atoms with van der Waals surface area (Å²) in [5, 5.41) is 4.07. The van der Waals surface area contributed by atoms with Crippen LogP contribution in [0.3, 0.4) is 0 Å². The number of carbonyl (C=O) groups is 1. The van der Waals surface area contributed by atoms with Gasteiger partial charge in [0.25, 0.3) is 5.91 Å². The van der Waals surface area contributed by atoms with Crippen LogP contribution in [0.5, 0.6) is 0 Å². The molecule has 0 radical (unpaired) electrons. The molecule has 0 bridgehead atoms. The van der Waals surface area contributed by atoms with Crippen LogP contribution < -0.4 is 5.32 Å². The molecule has 1 N–H and O–H groups in total. The minimum absolute atomic E-state index is 0.140. The first-order valence-electron chi connectivity index (χ1n) is 6.38. The molecule has 1 amide bonds. The summed E-state index contributed by atoms with van der Waals surface area (Å²) in [6.07, 6.45) is -4.70. The Morgan fingerprint density at radius 1 is 1.12 bits per heavy atom. The average molecular weight is 373 g/mol. The van der Waals surface area contributed by atoms with Crippen molar-refractivity contribution >= 4 is 33.7 Å². The second-order valence-electron chi connectivity index (χ2n) is 4.53. The second-order valence-corrected chi connectivity index (χ2v) is 6.24. The molecule has 0 aliphatic rings. The molecule has 0 saturated carbocycles. The fraction of sp³-hybridized carbons (Fsp3) is 0.0714. The maximum Gasteiger partial charge on any atom is 0.434 e. The second kappa shape index (κ2) is 6.29. The van der Waals surface area contributed by atoms with Crippen LogP contribution in [-0.2, 0) is 6.18 Å². The molecule has 0 aliphatic heterocycles. The number of alkyl halides is 3. The summed E-state index contributed by atoms with van der Waals surface area (Å²) in [6, 6.07) is 5.56. The lowest BCUT2D eigenvalue weighted by Gasteiger charge is -2.05. The van der Waals surface area contributed by atoms with E-state index in [-0.39, 0.29) is 5.13 Å². The molecule has 2 aromatic heterocycles. The van der Waals surface area contributed by atoms with Gasteiger partial charge in [0.2, 0.25) is 0 Å². The van der Waals surface area contributed by atoms with Gasteiger partial charge in [-0.05, 0) is 24.3 Å². The molecule has 0 aliphatic carbocycles. The third-order valence-electron chi connectivity index (χ3n) is 2.91. The van der Waals surface area contributed by atoms with Crippen molar-refractivity contribution in [2.45, 2.75) is 6.18 Å². The Labute approximate surface area is 140 Å². The number of benzene rings is 1. The van der Waals surface area contributed by atoms with Crippen molar-refractivity contribution < 1.29 is 22.4 Å². The average Bonchev–Trinajstić information content (AvgIpc) is 3.16. The van der Waals surface area contributed by atoms with Crippen molar-refractivity contribution in [2.24, 2.45) is 0 Å². The number of hydrogen-bond acceptors (Lipinski definition) is 5. The topological polar surface area (TPSA) is 54.9 Å².